The van der Waals surface area contributed by atoms with Crippen molar-refractivity contribution in [1.29, 1.82) is 0 Å². The molecule has 316 valence electrons. The summed E-state index contributed by atoms with van der Waals surface area (Å²) in [7, 11) is 1.57. The van der Waals surface area contributed by atoms with Crippen LogP contribution in [0.2, 0.25) is 0 Å². The number of hydrogen-bond donors (Lipinski definition) is 0. The second-order valence-electron chi connectivity index (χ2n) is 17.7. The van der Waals surface area contributed by atoms with Crippen molar-refractivity contribution >= 4 is 65.7 Å². The Morgan fingerprint density at radius 1 is 0.606 bits per heavy atom. The third-order valence-corrected chi connectivity index (χ3v) is 14.4. The number of rotatable bonds is 3. The number of aromatic nitrogens is 5. The van der Waals surface area contributed by atoms with Gasteiger partial charge in [-0.1, -0.05) is 60.7 Å². The molecule has 0 bridgehead atoms. The van der Waals surface area contributed by atoms with Crippen molar-refractivity contribution in [2.45, 2.75) is 31.2 Å². The van der Waals surface area contributed by atoms with Gasteiger partial charge in [-0.25, -0.2) is 0 Å². The van der Waals surface area contributed by atoms with Crippen molar-refractivity contribution in [3.05, 3.63) is 192 Å². The summed E-state index contributed by atoms with van der Waals surface area (Å²) in [5.74, 6) is 0. The zero-order valence-corrected chi connectivity index (χ0v) is 35.6. The Kier molecular flexibility index (Phi) is 7.35. The number of halogens is 3. The monoisotopic (exact) mass is 868 g/mol. The number of para-hydroxylation sites is 4. The van der Waals surface area contributed by atoms with Gasteiger partial charge in [0, 0.05) is 81.8 Å². The van der Waals surface area contributed by atoms with Gasteiger partial charge in [-0.05, 0) is 73.2 Å². The van der Waals surface area contributed by atoms with Crippen LogP contribution in [0.15, 0.2) is 179 Å². The minimum atomic E-state index is -4.61. The van der Waals surface area contributed by atoms with E-state index in [1.165, 1.54) is 4.68 Å². The van der Waals surface area contributed by atoms with E-state index in [2.05, 4.69) is 129 Å². The summed E-state index contributed by atoms with van der Waals surface area (Å²) >= 11 is 0. The molecule has 66 heavy (non-hydrogen) atoms. The first-order chi connectivity index (χ1) is 32.2. The second-order valence-corrected chi connectivity index (χ2v) is 17.7. The van der Waals surface area contributed by atoms with Gasteiger partial charge in [0.2, 0.25) is 34.7 Å². The van der Waals surface area contributed by atoms with Gasteiger partial charge < -0.3 is 8.83 Å². The Hall–Kier alpha value is -8.11. The first-order valence-corrected chi connectivity index (χ1v) is 22.1. The fourth-order valence-corrected chi connectivity index (χ4v) is 11.7. The topological polar surface area (TPSA) is 55.7 Å². The first-order valence-electron chi connectivity index (χ1n) is 22.1. The molecule has 2 aliphatic heterocycles. The molecule has 10 heteroatoms. The van der Waals surface area contributed by atoms with Gasteiger partial charge in [0.25, 0.3) is 11.6 Å². The lowest BCUT2D eigenvalue weighted by molar-refractivity contribution is -0.841. The Balaban J connectivity index is 1.20. The lowest BCUT2D eigenvalue weighted by Crippen LogP contribution is -2.71. The smallest absolute Gasteiger partial charge is 0.435 e. The van der Waals surface area contributed by atoms with E-state index in [9.17, 15) is 13.2 Å². The molecular weight excluding hydrogens is 832 g/mol. The molecule has 1 spiro atoms. The lowest BCUT2D eigenvalue weighted by Gasteiger charge is -2.35. The molecule has 0 fully saturated rings. The summed E-state index contributed by atoms with van der Waals surface area (Å²) < 4.78 is 65.4. The molecule has 6 aromatic heterocycles. The van der Waals surface area contributed by atoms with E-state index >= 15 is 0 Å². The van der Waals surface area contributed by atoms with E-state index in [0.29, 0.717) is 17.9 Å². The zero-order chi connectivity index (χ0) is 44.2. The molecule has 6 aromatic carbocycles. The van der Waals surface area contributed by atoms with Crippen LogP contribution in [-0.2, 0) is 25.3 Å². The Morgan fingerprint density at radius 2 is 1.21 bits per heavy atom. The minimum absolute atomic E-state index is 0.332. The molecule has 8 heterocycles. The molecule has 7 nitrogen and oxygen atoms in total. The molecule has 14 rings (SSSR count). The van der Waals surface area contributed by atoms with Crippen LogP contribution in [0, 0.1) is 6.92 Å². The van der Waals surface area contributed by atoms with Crippen molar-refractivity contribution in [2.75, 3.05) is 0 Å². The lowest BCUT2D eigenvalue weighted by atomic mass is 9.70. The van der Waals surface area contributed by atoms with Crippen molar-refractivity contribution in [3.8, 4) is 33.9 Å². The van der Waals surface area contributed by atoms with Crippen LogP contribution in [0.3, 0.4) is 0 Å². The average Bonchev–Trinajstić information content (AvgIpc) is 4.10. The highest BCUT2D eigenvalue weighted by Crippen LogP contribution is 2.57. The Bertz CT molecular complexity index is 4090. The molecule has 12 aromatic rings. The van der Waals surface area contributed by atoms with Gasteiger partial charge in [0.05, 0.1) is 11.1 Å². The van der Waals surface area contributed by atoms with Gasteiger partial charge in [0.15, 0.2) is 11.9 Å². The molecule has 0 saturated carbocycles. The molecule has 2 aliphatic rings. The van der Waals surface area contributed by atoms with Gasteiger partial charge >= 0.3 is 6.18 Å². The number of pyridine rings is 3. The summed E-state index contributed by atoms with van der Waals surface area (Å²) in [5, 5.41) is 10.2. The summed E-state index contributed by atoms with van der Waals surface area (Å²) in [4.78, 5) is 0. The highest BCUT2D eigenvalue weighted by molar-refractivity contribution is 6.12. The third-order valence-electron chi connectivity index (χ3n) is 14.4. The van der Waals surface area contributed by atoms with Crippen molar-refractivity contribution in [1.82, 2.24) is 9.78 Å². The van der Waals surface area contributed by atoms with Crippen molar-refractivity contribution in [2.24, 2.45) is 7.05 Å². The zero-order valence-electron chi connectivity index (χ0n) is 35.6. The molecule has 0 aliphatic carbocycles. The average molecular weight is 869 g/mol. The fraction of sp³-hybridized carbons (Fsp3) is 0.107. The van der Waals surface area contributed by atoms with Crippen LogP contribution in [0.4, 0.5) is 13.2 Å². The van der Waals surface area contributed by atoms with E-state index < -0.39 is 23.5 Å². The number of hydrogen-bond acceptors (Lipinski definition) is 3. The number of fused-ring (bicyclic) bond motifs is 21. The molecule has 0 saturated heterocycles. The summed E-state index contributed by atoms with van der Waals surface area (Å²) in [6.45, 7) is 2.50. The highest BCUT2D eigenvalue weighted by atomic mass is 19.4. The van der Waals surface area contributed by atoms with Crippen molar-refractivity contribution in [3.63, 3.8) is 0 Å². The second kappa shape index (κ2) is 13.0. The molecule has 0 amide bonds. The first kappa shape index (κ1) is 37.3. The van der Waals surface area contributed by atoms with Gasteiger partial charge in [-0.3, -0.25) is 4.68 Å². The largest absolute Gasteiger partial charge is 0.455 e. The van der Waals surface area contributed by atoms with E-state index in [1.807, 2.05) is 60.8 Å². The maximum atomic E-state index is 14.3. The van der Waals surface area contributed by atoms with Gasteiger partial charge in [-0.15, -0.1) is 0 Å². The summed E-state index contributed by atoms with van der Waals surface area (Å²) in [5.41, 5.74) is 11.4. The normalized spacial score (nSPS) is 16.5. The molecule has 0 radical (unpaired) electrons. The van der Waals surface area contributed by atoms with Crippen LogP contribution in [0.1, 0.15) is 28.4 Å². The fourth-order valence-electron chi connectivity index (χ4n) is 11.7. The van der Waals surface area contributed by atoms with Crippen LogP contribution in [-0.4, -0.2) is 9.78 Å². The van der Waals surface area contributed by atoms with E-state index in [0.717, 1.165) is 111 Å². The number of nitrogens with zero attached hydrogens (tertiary/aromatic N) is 5. The molecule has 2 atom stereocenters. The molecule has 0 N–H and O–H groups in total. The van der Waals surface area contributed by atoms with Gasteiger partial charge in [0.1, 0.15) is 39.2 Å². The third kappa shape index (κ3) is 4.77. The van der Waals surface area contributed by atoms with Crippen LogP contribution in [0.25, 0.3) is 99.6 Å². The maximum Gasteiger partial charge on any atom is 0.435 e. The standard InChI is InChI=1S/C56H37F3N5O2/c1-32-29-46-52-40(26-24-38-36-16-6-10-21-48(36)66-54(38)52)55(64(46)42-18-8-4-14-34(32)42)39-25-23-37-35-15-5-9-20-47(35)65-53(37)51(39)44-27-22-33-13-3-7-17-41(33)63(44)50(55)31-62-28-12-11-19-43(62)45-30-49(56(57,58)59)60-61(45)2/h3-30,50H,31H2,1-2H3/q+3. The molecular formula is C56H37F3N5O2+3. The maximum absolute atomic E-state index is 14.3. The van der Waals surface area contributed by atoms with E-state index in [-0.39, 0.29) is 0 Å². The quantitative estimate of drug-likeness (QED) is 0.166. The number of aryl methyl sites for hydroxylation is 2. The molecule has 2 unspecified atom stereocenters. The Morgan fingerprint density at radius 3 is 1.89 bits per heavy atom. The predicted octanol–water partition coefficient (Wildman–Crippen LogP) is 12.1. The number of furan rings is 2. The number of benzene rings is 6. The summed E-state index contributed by atoms with van der Waals surface area (Å²) in [6.07, 6.45) is -2.64. The van der Waals surface area contributed by atoms with E-state index in [4.69, 9.17) is 8.83 Å². The summed E-state index contributed by atoms with van der Waals surface area (Å²) in [6, 6.07) is 55.5. The highest BCUT2D eigenvalue weighted by Gasteiger charge is 2.69. The van der Waals surface area contributed by atoms with E-state index in [1.54, 1.807) is 7.05 Å². The van der Waals surface area contributed by atoms with Crippen molar-refractivity contribution < 1.29 is 35.7 Å². The van der Waals surface area contributed by atoms with Crippen LogP contribution < -0.4 is 13.7 Å². The van der Waals surface area contributed by atoms with Crippen LogP contribution >= 0.6 is 0 Å². The minimum Gasteiger partial charge on any atom is -0.455 e. The predicted molar refractivity (Wildman–Crippen MR) is 248 cm³/mol. The Labute approximate surface area is 374 Å². The number of alkyl halides is 3. The van der Waals surface area contributed by atoms with Crippen LogP contribution in [0.5, 0.6) is 0 Å². The SMILES string of the molecule is Cc1cc2[n+](c3ccccc13)C1(c3ccc4c(oc5ccccc54)c3-c3ccc4ccccc4[n+]3C1C[n+]1ccccc1-c1cc(C(F)(F)F)nn1C)c1ccc3c(oc4ccccc43)c1-2. The van der Waals surface area contributed by atoms with Gasteiger partial charge in [-0.2, -0.15) is 32.0 Å².